The van der Waals surface area contributed by atoms with Crippen molar-refractivity contribution in [1.82, 2.24) is 14.3 Å². The molecule has 1 saturated heterocycles. The number of hydrogen-bond donors (Lipinski definition) is 1. The number of ether oxygens (including phenoxy) is 2. The van der Waals surface area contributed by atoms with Crippen LogP contribution in [0.2, 0.25) is 0 Å². The van der Waals surface area contributed by atoms with Gasteiger partial charge in [0.15, 0.2) is 12.5 Å². The maximum atomic E-state index is 12.1. The molecule has 1 N–H and O–H groups in total. The van der Waals surface area contributed by atoms with Gasteiger partial charge in [0.25, 0.3) is 0 Å². The van der Waals surface area contributed by atoms with Gasteiger partial charge in [-0.2, -0.15) is 4.68 Å². The van der Waals surface area contributed by atoms with E-state index in [-0.39, 0.29) is 11.9 Å². The van der Waals surface area contributed by atoms with E-state index >= 15 is 0 Å². The van der Waals surface area contributed by atoms with Crippen LogP contribution in [-0.2, 0) is 23.2 Å². The van der Waals surface area contributed by atoms with Crippen molar-refractivity contribution in [3.05, 3.63) is 29.0 Å². The summed E-state index contributed by atoms with van der Waals surface area (Å²) in [6, 6.07) is 7.78. The number of nitrogens with one attached hydrogen (secondary N) is 1. The second-order valence-electron chi connectivity index (χ2n) is 6.82. The fourth-order valence-electron chi connectivity index (χ4n) is 3.62. The van der Waals surface area contributed by atoms with Crippen LogP contribution in [0.15, 0.2) is 24.3 Å². The van der Waals surface area contributed by atoms with Crippen molar-refractivity contribution >= 4 is 18.2 Å². The largest absolute Gasteiger partial charge is 0.496 e. The van der Waals surface area contributed by atoms with E-state index in [1.54, 1.807) is 7.11 Å². The van der Waals surface area contributed by atoms with Crippen LogP contribution in [0.4, 0.5) is 0 Å². The molecular weight excluding hydrogens is 364 g/mol. The third-order valence-electron chi connectivity index (χ3n) is 5.00. The summed E-state index contributed by atoms with van der Waals surface area (Å²) in [5.41, 5.74) is 0.908. The predicted octanol–water partition coefficient (Wildman–Crippen LogP) is 1.44. The molecule has 0 saturated carbocycles. The number of carbonyl (C=O) groups excluding carboxylic acids is 1. The van der Waals surface area contributed by atoms with Crippen LogP contribution in [0.1, 0.15) is 19.8 Å². The van der Waals surface area contributed by atoms with E-state index in [1.807, 2.05) is 47.5 Å². The zero-order valence-corrected chi connectivity index (χ0v) is 16.9. The Morgan fingerprint density at radius 1 is 1.41 bits per heavy atom. The molecule has 3 rings (SSSR count). The number of hydrogen-bond acceptors (Lipinski definition) is 5. The number of rotatable bonds is 6. The SMILES string of the molecule is CCOC(=O)[C@H]1CCC[NH+](Cn2nc(-c3ccccc3OC)n(C)c2=S)C1. The molecule has 0 spiro atoms. The molecule has 1 fully saturated rings. The Morgan fingerprint density at radius 3 is 2.93 bits per heavy atom. The summed E-state index contributed by atoms with van der Waals surface area (Å²) in [7, 11) is 3.57. The predicted molar refractivity (Wildman–Crippen MR) is 104 cm³/mol. The Hall–Kier alpha value is -2.19. The van der Waals surface area contributed by atoms with Gasteiger partial charge in [-0.25, -0.2) is 0 Å². The van der Waals surface area contributed by atoms with Crippen LogP contribution >= 0.6 is 12.2 Å². The van der Waals surface area contributed by atoms with Crippen molar-refractivity contribution in [3.8, 4) is 17.1 Å². The van der Waals surface area contributed by atoms with Gasteiger partial charge in [-0.05, 0) is 44.1 Å². The minimum atomic E-state index is -0.0889. The van der Waals surface area contributed by atoms with Gasteiger partial charge in [-0.1, -0.05) is 12.1 Å². The van der Waals surface area contributed by atoms with Crippen molar-refractivity contribution in [1.29, 1.82) is 0 Å². The highest BCUT2D eigenvalue weighted by molar-refractivity contribution is 7.71. The van der Waals surface area contributed by atoms with Crippen LogP contribution in [0.25, 0.3) is 11.4 Å². The molecule has 8 heteroatoms. The minimum Gasteiger partial charge on any atom is -0.496 e. The average Bonchev–Trinajstić information content (AvgIpc) is 2.96. The first kappa shape index (κ1) is 19.6. The van der Waals surface area contributed by atoms with Gasteiger partial charge in [-0.3, -0.25) is 4.79 Å². The summed E-state index contributed by atoms with van der Waals surface area (Å²) in [4.78, 5) is 13.4. The minimum absolute atomic E-state index is 0.0414. The number of nitrogens with zero attached hydrogens (tertiary/aromatic N) is 3. The average molecular weight is 392 g/mol. The summed E-state index contributed by atoms with van der Waals surface area (Å²) in [5, 5.41) is 4.75. The highest BCUT2D eigenvalue weighted by Gasteiger charge is 2.30. The fraction of sp³-hybridized carbons (Fsp3) is 0.526. The number of aromatic nitrogens is 3. The van der Waals surface area contributed by atoms with Gasteiger partial charge >= 0.3 is 5.97 Å². The zero-order valence-electron chi connectivity index (χ0n) is 16.1. The Balaban J connectivity index is 1.80. The van der Waals surface area contributed by atoms with Crippen molar-refractivity contribution in [2.75, 3.05) is 26.8 Å². The van der Waals surface area contributed by atoms with E-state index < -0.39 is 0 Å². The number of benzene rings is 1. The first-order valence-corrected chi connectivity index (χ1v) is 9.73. The van der Waals surface area contributed by atoms with E-state index in [1.165, 1.54) is 4.90 Å². The van der Waals surface area contributed by atoms with Crippen LogP contribution < -0.4 is 9.64 Å². The van der Waals surface area contributed by atoms with Crippen molar-refractivity contribution in [2.45, 2.75) is 26.4 Å². The second kappa shape index (κ2) is 8.67. The number of carbonyl (C=O) groups is 1. The maximum Gasteiger partial charge on any atom is 0.314 e. The molecule has 7 nitrogen and oxygen atoms in total. The van der Waals surface area contributed by atoms with Crippen molar-refractivity contribution in [2.24, 2.45) is 13.0 Å². The number of methoxy groups -OCH3 is 1. The molecule has 1 aromatic heterocycles. The van der Waals surface area contributed by atoms with Gasteiger partial charge in [-0.15, -0.1) is 5.10 Å². The van der Waals surface area contributed by atoms with Gasteiger partial charge in [0.05, 0.1) is 32.4 Å². The highest BCUT2D eigenvalue weighted by atomic mass is 32.1. The van der Waals surface area contributed by atoms with Crippen LogP contribution in [0, 0.1) is 10.7 Å². The lowest BCUT2D eigenvalue weighted by Crippen LogP contribution is -3.13. The van der Waals surface area contributed by atoms with Gasteiger partial charge in [0.1, 0.15) is 11.7 Å². The van der Waals surface area contributed by atoms with Crippen molar-refractivity contribution < 1.29 is 19.2 Å². The van der Waals surface area contributed by atoms with Gasteiger partial charge in [0.2, 0.25) is 4.77 Å². The van der Waals surface area contributed by atoms with E-state index in [4.69, 9.17) is 26.8 Å². The number of quaternary nitrogens is 1. The smallest absolute Gasteiger partial charge is 0.314 e. The zero-order chi connectivity index (χ0) is 19.4. The number of esters is 1. The molecular formula is C19H27N4O3S+. The monoisotopic (exact) mass is 391 g/mol. The van der Waals surface area contributed by atoms with E-state index in [9.17, 15) is 4.79 Å². The molecule has 1 aromatic carbocycles. The number of para-hydroxylation sites is 1. The first-order chi connectivity index (χ1) is 13.0. The lowest BCUT2D eigenvalue weighted by Gasteiger charge is -2.28. The molecule has 1 unspecified atom stereocenters. The molecule has 2 atom stereocenters. The van der Waals surface area contributed by atoms with E-state index in [2.05, 4.69) is 0 Å². The van der Waals surface area contributed by atoms with E-state index in [0.29, 0.717) is 18.0 Å². The van der Waals surface area contributed by atoms with Gasteiger partial charge in [0, 0.05) is 7.05 Å². The summed E-state index contributed by atoms with van der Waals surface area (Å²) in [5.74, 6) is 1.41. The first-order valence-electron chi connectivity index (χ1n) is 9.32. The summed E-state index contributed by atoms with van der Waals surface area (Å²) < 4.78 is 15.1. The Morgan fingerprint density at radius 2 is 2.19 bits per heavy atom. The number of likely N-dealkylation sites (tertiary alicyclic amines) is 1. The van der Waals surface area contributed by atoms with Crippen molar-refractivity contribution in [3.63, 3.8) is 0 Å². The molecule has 0 amide bonds. The Labute approximate surface area is 164 Å². The van der Waals surface area contributed by atoms with E-state index in [0.717, 1.165) is 43.1 Å². The highest BCUT2D eigenvalue weighted by Crippen LogP contribution is 2.27. The normalized spacial score (nSPS) is 19.7. The molecule has 1 aliphatic heterocycles. The summed E-state index contributed by atoms with van der Waals surface area (Å²) in [6.07, 6.45) is 1.89. The molecule has 27 heavy (non-hydrogen) atoms. The molecule has 0 radical (unpaired) electrons. The third-order valence-corrected chi connectivity index (χ3v) is 5.48. The number of piperidine rings is 1. The summed E-state index contributed by atoms with van der Waals surface area (Å²) in [6.45, 7) is 4.66. The lowest BCUT2D eigenvalue weighted by atomic mass is 9.99. The summed E-state index contributed by atoms with van der Waals surface area (Å²) >= 11 is 5.60. The Bertz CT molecular complexity index is 861. The Kier molecular flexibility index (Phi) is 6.28. The topological polar surface area (TPSA) is 62.7 Å². The van der Waals surface area contributed by atoms with Gasteiger partial charge < -0.3 is 18.9 Å². The van der Waals surface area contributed by atoms with Crippen LogP contribution in [0.5, 0.6) is 5.75 Å². The molecule has 2 aromatic rings. The van der Waals surface area contributed by atoms with Crippen LogP contribution in [0.3, 0.4) is 0 Å². The molecule has 0 bridgehead atoms. The molecule has 146 valence electrons. The standard InChI is InChI=1S/C19H26N4O3S/c1-4-26-18(24)14-8-7-11-22(12-14)13-23-19(27)21(2)17(20-23)15-9-5-6-10-16(15)25-3/h5-6,9-10,14H,4,7-8,11-13H2,1-3H3/p+1/t14-/m0/s1. The quantitative estimate of drug-likeness (QED) is 0.596. The molecule has 2 heterocycles. The maximum absolute atomic E-state index is 12.1. The van der Waals surface area contributed by atoms with Crippen LogP contribution in [-0.4, -0.2) is 47.1 Å². The fourth-order valence-corrected chi connectivity index (χ4v) is 3.81. The second-order valence-corrected chi connectivity index (χ2v) is 7.18. The molecule has 1 aliphatic rings. The lowest BCUT2D eigenvalue weighted by molar-refractivity contribution is -0.930. The third kappa shape index (κ3) is 4.22. The molecule has 0 aliphatic carbocycles.